The van der Waals surface area contributed by atoms with Crippen molar-refractivity contribution in [2.75, 3.05) is 87.0 Å². The van der Waals surface area contributed by atoms with Gasteiger partial charge in [-0.25, -0.2) is 58.1 Å². The van der Waals surface area contributed by atoms with Gasteiger partial charge >= 0.3 is 0 Å². The summed E-state index contributed by atoms with van der Waals surface area (Å²) in [6.07, 6.45) is -0.0607. The lowest BCUT2D eigenvalue weighted by molar-refractivity contribution is -0.131. The second kappa shape index (κ2) is 48.8. The Labute approximate surface area is 740 Å². The monoisotopic (exact) mass is 1820 g/mol. The molecule has 0 spiro atoms. The Hall–Kier alpha value is -13.9. The molecule has 10 aromatic rings. The number of halogens is 7. The first kappa shape index (κ1) is 98.2. The van der Waals surface area contributed by atoms with Crippen molar-refractivity contribution in [2.45, 2.75) is 78.8 Å². The van der Waals surface area contributed by atoms with Crippen molar-refractivity contribution in [3.05, 3.63) is 278 Å². The van der Waals surface area contributed by atoms with Crippen LogP contribution in [0, 0.1) is 47.6 Å². The maximum Gasteiger partial charge on any atom is 0.257 e. The van der Waals surface area contributed by atoms with Crippen LogP contribution in [-0.4, -0.2) is 182 Å². The third-order valence-corrected chi connectivity index (χ3v) is 19.8. The molecule has 0 saturated carbocycles. The van der Waals surface area contributed by atoms with E-state index < -0.39 is 93.3 Å². The maximum absolute atomic E-state index is 14.5. The number of aromatic hydroxyl groups is 3. The quantitative estimate of drug-likeness (QED) is 0.0103. The van der Waals surface area contributed by atoms with Crippen LogP contribution < -0.4 is 74.8 Å². The molecule has 5 amide bonds. The number of carbonyl (C=O) groups is 5. The number of hydrogen-bond acceptors (Lipinski definition) is 28. The minimum absolute atomic E-state index is 0.0286. The second-order valence-corrected chi connectivity index (χ2v) is 29.4. The molecule has 0 unspecified atom stereocenters. The number of phenolic OH excluding ortho intramolecular Hbond substituents is 3. The van der Waals surface area contributed by atoms with Gasteiger partial charge in [-0.2, -0.15) is 0 Å². The van der Waals surface area contributed by atoms with E-state index in [9.17, 15) is 70.0 Å². The molecule has 10 aromatic carbocycles. The smallest absolute Gasteiger partial charge is 0.257 e. The summed E-state index contributed by atoms with van der Waals surface area (Å²) in [4.78, 5) is 66.3. The lowest BCUT2D eigenvalue weighted by Crippen LogP contribution is -2.35. The zero-order chi connectivity index (χ0) is 93.3. The number of carbonyl (C=O) groups excluding carboxylic acids is 5. The topological polar surface area (TPSA) is 416 Å². The van der Waals surface area contributed by atoms with E-state index in [1.807, 2.05) is 82.6 Å². The molecule has 0 saturated heterocycles. The molecule has 0 radical (unpaired) electrons. The van der Waals surface area contributed by atoms with Gasteiger partial charge in [0.2, 0.25) is 19.5 Å². The van der Waals surface area contributed by atoms with Gasteiger partial charge in [0.1, 0.15) is 32.2 Å². The van der Waals surface area contributed by atoms with Crippen LogP contribution in [0.15, 0.2) is 176 Å². The zero-order valence-corrected chi connectivity index (χ0v) is 70.4. The molecule has 692 valence electrons. The largest absolute Gasteiger partial charge is 0.505 e. The Kier molecular flexibility index (Phi) is 36.9. The molecule has 130 heavy (non-hydrogen) atoms. The molecular weight excluding hydrogens is 1720 g/mol. The summed E-state index contributed by atoms with van der Waals surface area (Å²) in [5, 5.41) is 72.1. The molecule has 0 bridgehead atoms. The highest BCUT2D eigenvalue weighted by Crippen LogP contribution is 2.38. The van der Waals surface area contributed by atoms with Crippen LogP contribution in [0.1, 0.15) is 67.6 Å². The summed E-state index contributed by atoms with van der Waals surface area (Å²) in [7, 11) is 2.51. The predicted octanol–water partition coefficient (Wildman–Crippen LogP) is 10.8. The Bertz CT molecular complexity index is 5310. The van der Waals surface area contributed by atoms with Crippen LogP contribution in [0.2, 0.25) is 0 Å². The van der Waals surface area contributed by atoms with E-state index >= 15 is 0 Å². The van der Waals surface area contributed by atoms with E-state index in [1.165, 1.54) is 96.2 Å². The molecular formula is C90H95F7N10O23. The van der Waals surface area contributed by atoms with Gasteiger partial charge in [0.25, 0.3) is 23.6 Å². The lowest BCUT2D eigenvalue weighted by Gasteiger charge is -2.24. The molecule has 4 heterocycles. The van der Waals surface area contributed by atoms with Gasteiger partial charge in [0, 0.05) is 95.1 Å². The van der Waals surface area contributed by atoms with Crippen molar-refractivity contribution in [1.29, 1.82) is 0 Å². The highest BCUT2D eigenvalue weighted by Gasteiger charge is 2.26. The number of hydrogen-bond donors (Lipinski definition) is 13. The summed E-state index contributed by atoms with van der Waals surface area (Å²) in [6.45, 7) is 6.50. The SMILES string of the molecule is COc1cc(CN(CCC(=O)NO)Cc2ccc(F)c(OC)c2F)ccc1F.Cc1cccc(CN(CC(=O)NO)Cc2cccc(O)c2F)c1F.O=C(CN(Cc1ccc(F)c(O)c1)Cc1ccc(F)c(O)c1)NO.O=C(CN(Cc1ccc2c(c1)OCCO2)Cc1ccc2c(c1)OCCO2)NO.O=C(CN(Cc1ccc2c(c1)OCO2)Cc1ccc2c(c1)OCO2)NO. The van der Waals surface area contributed by atoms with Crippen LogP contribution in [0.3, 0.4) is 0 Å². The van der Waals surface area contributed by atoms with Crippen molar-refractivity contribution in [2.24, 2.45) is 0 Å². The fourth-order valence-electron chi connectivity index (χ4n) is 13.7. The average Bonchev–Trinajstić information content (AvgIpc) is 1.81. The number of phenols is 3. The fourth-order valence-corrected chi connectivity index (χ4v) is 13.7. The van der Waals surface area contributed by atoms with Crippen molar-refractivity contribution in [3.8, 4) is 74.7 Å². The Morgan fingerprint density at radius 2 is 0.646 bits per heavy atom. The van der Waals surface area contributed by atoms with E-state index in [-0.39, 0.29) is 109 Å². The minimum Gasteiger partial charge on any atom is -0.505 e. The molecule has 4 aliphatic heterocycles. The van der Waals surface area contributed by atoms with Crippen LogP contribution in [0.5, 0.6) is 74.7 Å². The third-order valence-electron chi connectivity index (χ3n) is 19.8. The summed E-state index contributed by atoms with van der Waals surface area (Å²) < 4.78 is 150. The Balaban J connectivity index is 0.000000169. The third kappa shape index (κ3) is 29.3. The number of nitrogens with one attached hydrogen (secondary N) is 5. The molecule has 0 aliphatic carbocycles. The number of aryl methyl sites for hydroxylation is 1. The molecule has 40 heteroatoms. The lowest BCUT2D eigenvalue weighted by atomic mass is 10.1. The van der Waals surface area contributed by atoms with Gasteiger partial charge in [-0.1, -0.05) is 78.9 Å². The normalized spacial score (nSPS) is 12.3. The standard InChI is InChI=1S/C20H22N2O6.C19H21F3N2O4.C18H18N2O6.C17H18F2N2O3.C16H16F2N2O4/c23-20(21-24)13-22(11-14-1-3-16-18(9-14)27-7-5-25-16)12-15-2-4-17-19(10-15)28-8-6-26-17;1-27-16-9-12(3-5-14(16)20)10-24(8-7-17(25)23-26)11-13-4-6-15(21)19(28-2)18(13)22;21-18(19-22)9-20(7-12-1-3-14-16(5-12)25-10-23-14)8-13-2-4-15-17(6-13)26-11-24-15;1-11-4-2-5-12(16(11)18)8-21(10-15(23)20-24)9-13-6-3-7-14(22)17(13)19;17-12-3-1-10(5-14(12)21)7-20(9-16(23)19-24)8-11-2-4-13(18)15(22)6-11/h1-4,9-10,24H,5-8,11-13H2,(H,21,23);3-6,9,26H,7-8,10-11H2,1-2H3,(H,23,25);1-6,22H,7-11H2,(H,19,21);2-7,22,24H,8-10H2,1H3,(H,20,23);1-6,21-22,24H,7-9H2,(H,19,23). The molecule has 0 fully saturated rings. The fraction of sp³-hybridized carbons (Fsp3) is 0.278. The molecule has 4 aliphatic rings. The van der Waals surface area contributed by atoms with Gasteiger partial charge in [0.05, 0.1) is 40.4 Å². The molecule has 13 N–H and O–H groups in total. The van der Waals surface area contributed by atoms with E-state index in [0.29, 0.717) is 115 Å². The molecule has 0 atom stereocenters. The Morgan fingerprint density at radius 1 is 0.323 bits per heavy atom. The second-order valence-electron chi connectivity index (χ2n) is 29.4. The first-order valence-corrected chi connectivity index (χ1v) is 39.9. The number of ether oxygens (including phenoxy) is 10. The van der Waals surface area contributed by atoms with Crippen LogP contribution in [-0.2, 0) is 89.4 Å². The molecule has 0 aromatic heterocycles. The number of benzene rings is 10. The maximum atomic E-state index is 14.5. The number of fused-ring (bicyclic) bond motifs is 4. The van der Waals surface area contributed by atoms with E-state index in [0.717, 1.165) is 52.0 Å². The van der Waals surface area contributed by atoms with E-state index in [4.69, 9.17) is 73.4 Å². The number of rotatable bonds is 33. The predicted molar refractivity (Wildman–Crippen MR) is 446 cm³/mol. The minimum atomic E-state index is -0.837. The first-order chi connectivity index (χ1) is 62.6. The number of methoxy groups -OCH3 is 2. The summed E-state index contributed by atoms with van der Waals surface area (Å²) in [6, 6.07) is 46.1. The first-order valence-electron chi connectivity index (χ1n) is 39.9. The van der Waals surface area contributed by atoms with Gasteiger partial charge in [0.15, 0.2) is 110 Å². The van der Waals surface area contributed by atoms with Crippen molar-refractivity contribution < 1.29 is 143 Å². The zero-order valence-electron chi connectivity index (χ0n) is 70.4. The van der Waals surface area contributed by atoms with Gasteiger partial charge in [-0.15, -0.1) is 0 Å². The van der Waals surface area contributed by atoms with Crippen molar-refractivity contribution >= 4 is 29.5 Å². The molecule has 14 rings (SSSR count). The number of hydroxylamine groups is 5. The van der Waals surface area contributed by atoms with Gasteiger partial charge in [-0.3, -0.25) is 74.5 Å². The summed E-state index contributed by atoms with van der Waals surface area (Å²) in [5.74, 6) is -4.15. The van der Waals surface area contributed by atoms with Gasteiger partial charge in [-0.05, 0) is 148 Å². The average molecular weight is 1820 g/mol. The van der Waals surface area contributed by atoms with E-state index in [1.54, 1.807) is 51.9 Å². The molecule has 33 nitrogen and oxygen atoms in total. The highest BCUT2D eigenvalue weighted by atomic mass is 19.2. The highest BCUT2D eigenvalue weighted by molar-refractivity contribution is 5.78. The van der Waals surface area contributed by atoms with Crippen LogP contribution >= 0.6 is 0 Å². The number of amides is 5. The summed E-state index contributed by atoms with van der Waals surface area (Å²) >= 11 is 0. The van der Waals surface area contributed by atoms with Crippen LogP contribution in [0.4, 0.5) is 30.7 Å². The van der Waals surface area contributed by atoms with E-state index in [2.05, 4.69) is 0 Å². The number of nitrogens with zero attached hydrogens (tertiary/aromatic N) is 5. The van der Waals surface area contributed by atoms with Crippen LogP contribution in [0.25, 0.3) is 0 Å². The van der Waals surface area contributed by atoms with Crippen molar-refractivity contribution in [3.63, 3.8) is 0 Å². The van der Waals surface area contributed by atoms with Crippen molar-refractivity contribution in [1.82, 2.24) is 51.9 Å². The summed E-state index contributed by atoms with van der Waals surface area (Å²) in [5.41, 5.74) is 14.7. The van der Waals surface area contributed by atoms with Gasteiger partial charge < -0.3 is 62.7 Å². The Morgan fingerprint density at radius 3 is 1.05 bits per heavy atom.